The zero-order valence-corrected chi connectivity index (χ0v) is 52.9. The molecule has 0 aliphatic rings. The van der Waals surface area contributed by atoms with Crippen molar-refractivity contribution in [2.75, 3.05) is 13.2 Å². The van der Waals surface area contributed by atoms with Gasteiger partial charge in [-0.3, -0.25) is 9.59 Å². The highest BCUT2D eigenvalue weighted by Crippen LogP contribution is 2.19. The third kappa shape index (κ3) is 63.5. The second kappa shape index (κ2) is 67.8. The second-order valence-corrected chi connectivity index (χ2v) is 24.6. The topological polar surface area (TPSA) is 95.9 Å². The maximum Gasteiger partial charge on any atom is 0.305 e. The molecule has 0 aromatic rings. The van der Waals surface area contributed by atoms with Gasteiger partial charge in [-0.1, -0.05) is 353 Å². The molecule has 1 amide bonds. The molecule has 0 spiro atoms. The minimum Gasteiger partial charge on any atom is -0.466 e. The van der Waals surface area contributed by atoms with E-state index in [9.17, 15) is 19.8 Å². The number of hydrogen-bond donors (Lipinski definition) is 3. The van der Waals surface area contributed by atoms with E-state index in [-0.39, 0.29) is 18.5 Å². The normalized spacial score (nSPS) is 12.6. The lowest BCUT2D eigenvalue weighted by molar-refractivity contribution is -0.143. The molecular formula is C72H139NO5. The molecule has 0 heterocycles. The van der Waals surface area contributed by atoms with Gasteiger partial charge in [0.2, 0.25) is 5.91 Å². The van der Waals surface area contributed by atoms with Crippen molar-refractivity contribution in [3.8, 4) is 0 Å². The van der Waals surface area contributed by atoms with Gasteiger partial charge in [0.25, 0.3) is 0 Å². The molecule has 462 valence electrons. The molecular weight excluding hydrogens is 959 g/mol. The lowest BCUT2D eigenvalue weighted by atomic mass is 10.0. The third-order valence-electron chi connectivity index (χ3n) is 16.8. The molecule has 78 heavy (non-hydrogen) atoms. The summed E-state index contributed by atoms with van der Waals surface area (Å²) in [6, 6.07) is -0.536. The number of aliphatic hydroxyl groups is 2. The van der Waals surface area contributed by atoms with Gasteiger partial charge in [0, 0.05) is 12.8 Å². The minimum absolute atomic E-state index is 0.00816. The summed E-state index contributed by atoms with van der Waals surface area (Å²) in [5.74, 6) is -0.0199. The van der Waals surface area contributed by atoms with Gasteiger partial charge in [0.05, 0.1) is 25.4 Å². The summed E-state index contributed by atoms with van der Waals surface area (Å²) >= 11 is 0. The molecule has 0 bridgehead atoms. The van der Waals surface area contributed by atoms with Crippen molar-refractivity contribution in [3.63, 3.8) is 0 Å². The van der Waals surface area contributed by atoms with E-state index in [0.717, 1.165) is 51.4 Å². The van der Waals surface area contributed by atoms with Gasteiger partial charge < -0.3 is 20.3 Å². The van der Waals surface area contributed by atoms with Crippen LogP contribution in [0.25, 0.3) is 0 Å². The Morgan fingerprint density at radius 2 is 0.641 bits per heavy atom. The first-order valence-corrected chi connectivity index (χ1v) is 35.6. The summed E-state index contributed by atoms with van der Waals surface area (Å²) in [6.45, 7) is 4.95. The number of hydrogen-bond acceptors (Lipinski definition) is 5. The molecule has 0 saturated heterocycles. The molecule has 0 rings (SSSR count). The summed E-state index contributed by atoms with van der Waals surface area (Å²) < 4.78 is 5.49. The van der Waals surface area contributed by atoms with Crippen molar-refractivity contribution in [2.24, 2.45) is 0 Å². The van der Waals surface area contributed by atoms with Gasteiger partial charge >= 0.3 is 5.97 Å². The standard InChI is InChI=1S/C72H139NO5/c1-3-5-7-9-11-13-15-17-37-42-46-50-54-58-62-66-72(77)78-67-63-59-55-51-47-43-39-36-34-32-30-28-26-24-22-20-18-19-21-23-25-27-29-31-33-35-38-41-45-49-53-57-61-65-71(76)73-69(68-74)70(75)64-60-56-52-48-44-40-16-14-12-10-8-6-4-2/h11,13,17,37,69-70,74-75H,3-10,12,14-16,18-36,38-68H2,1-2H3,(H,73,76)/b13-11-,37-17-. The number of ether oxygens (including phenoxy) is 1. The Morgan fingerprint density at radius 1 is 0.359 bits per heavy atom. The zero-order chi connectivity index (χ0) is 56.4. The lowest BCUT2D eigenvalue weighted by Crippen LogP contribution is -2.45. The Labute approximate surface area is 488 Å². The van der Waals surface area contributed by atoms with Crippen LogP contribution >= 0.6 is 0 Å². The van der Waals surface area contributed by atoms with E-state index >= 15 is 0 Å². The van der Waals surface area contributed by atoms with Crippen LogP contribution in [0.15, 0.2) is 24.3 Å². The lowest BCUT2D eigenvalue weighted by Gasteiger charge is -2.22. The van der Waals surface area contributed by atoms with Crippen LogP contribution in [0.3, 0.4) is 0 Å². The quantitative estimate of drug-likeness (QED) is 0.0320. The molecule has 3 N–H and O–H groups in total. The maximum atomic E-state index is 12.5. The van der Waals surface area contributed by atoms with Gasteiger partial charge in [0.15, 0.2) is 0 Å². The first-order valence-electron chi connectivity index (χ1n) is 35.6. The fraction of sp³-hybridized carbons (Fsp3) is 0.917. The second-order valence-electron chi connectivity index (χ2n) is 24.6. The number of unbranched alkanes of at least 4 members (excludes halogenated alkanes) is 52. The first kappa shape index (κ1) is 76.3. The number of nitrogens with one attached hydrogen (secondary N) is 1. The monoisotopic (exact) mass is 1100 g/mol. The SMILES string of the molecule is CCCCC/C=C\C/C=C\CCCCCCCC(=O)OCCCCCCCCCCCCCCCCCCCCCCCCCCCCCCCCCCCC(=O)NC(CO)C(O)CCCCCCCCCCCCCCC. The number of allylic oxidation sites excluding steroid dienone is 4. The van der Waals surface area contributed by atoms with Crippen molar-refractivity contribution in [3.05, 3.63) is 24.3 Å². The number of carbonyl (C=O) groups is 2. The molecule has 2 atom stereocenters. The van der Waals surface area contributed by atoms with Crippen LogP contribution in [0.5, 0.6) is 0 Å². The third-order valence-corrected chi connectivity index (χ3v) is 16.8. The Morgan fingerprint density at radius 3 is 1.00 bits per heavy atom. The predicted molar refractivity (Wildman–Crippen MR) is 343 cm³/mol. The largest absolute Gasteiger partial charge is 0.466 e. The van der Waals surface area contributed by atoms with Crippen LogP contribution in [0.2, 0.25) is 0 Å². The fourth-order valence-corrected chi connectivity index (χ4v) is 11.3. The molecule has 6 heteroatoms. The number of amides is 1. The van der Waals surface area contributed by atoms with E-state index < -0.39 is 12.1 Å². The van der Waals surface area contributed by atoms with Crippen molar-refractivity contribution in [2.45, 2.75) is 411 Å². The predicted octanol–water partition coefficient (Wildman–Crippen LogP) is 22.9. The smallest absolute Gasteiger partial charge is 0.305 e. The van der Waals surface area contributed by atoms with Gasteiger partial charge in [-0.15, -0.1) is 0 Å². The Balaban J connectivity index is 3.30. The van der Waals surface area contributed by atoms with Crippen LogP contribution in [-0.2, 0) is 14.3 Å². The molecule has 0 aliphatic heterocycles. The van der Waals surface area contributed by atoms with Crippen LogP contribution in [0.4, 0.5) is 0 Å². The van der Waals surface area contributed by atoms with E-state index in [1.165, 1.54) is 315 Å². The Kier molecular flexibility index (Phi) is 66.4. The maximum absolute atomic E-state index is 12.5. The summed E-state index contributed by atoms with van der Waals surface area (Å²) in [5, 5.41) is 23.3. The number of esters is 1. The van der Waals surface area contributed by atoms with Crippen LogP contribution in [-0.4, -0.2) is 47.4 Å². The van der Waals surface area contributed by atoms with Crippen molar-refractivity contribution in [1.29, 1.82) is 0 Å². The molecule has 0 aromatic heterocycles. The van der Waals surface area contributed by atoms with E-state index in [2.05, 4.69) is 43.5 Å². The number of aliphatic hydroxyl groups excluding tert-OH is 2. The fourth-order valence-electron chi connectivity index (χ4n) is 11.3. The Hall–Kier alpha value is -1.66. The van der Waals surface area contributed by atoms with E-state index in [1.807, 2.05) is 0 Å². The number of rotatable bonds is 67. The summed E-state index contributed by atoms with van der Waals surface area (Å²) in [5.41, 5.74) is 0. The molecule has 2 unspecified atom stereocenters. The zero-order valence-electron chi connectivity index (χ0n) is 52.9. The average Bonchev–Trinajstić information content (AvgIpc) is 3.44. The van der Waals surface area contributed by atoms with Crippen molar-refractivity contribution >= 4 is 11.9 Å². The summed E-state index contributed by atoms with van der Waals surface area (Å²) in [7, 11) is 0. The Bertz CT molecular complexity index is 1220. The highest BCUT2D eigenvalue weighted by atomic mass is 16.5. The van der Waals surface area contributed by atoms with Crippen molar-refractivity contribution < 1.29 is 24.5 Å². The summed E-state index contributed by atoms with van der Waals surface area (Å²) in [6.07, 6.45) is 85.3. The molecule has 0 radical (unpaired) electrons. The van der Waals surface area contributed by atoms with Crippen LogP contribution in [0.1, 0.15) is 399 Å². The van der Waals surface area contributed by atoms with Gasteiger partial charge in [-0.25, -0.2) is 0 Å². The number of carbonyl (C=O) groups excluding carboxylic acids is 2. The van der Waals surface area contributed by atoms with Gasteiger partial charge in [-0.2, -0.15) is 0 Å². The van der Waals surface area contributed by atoms with Crippen LogP contribution in [0, 0.1) is 0 Å². The average molecular weight is 1100 g/mol. The highest BCUT2D eigenvalue weighted by molar-refractivity contribution is 5.76. The molecule has 0 saturated carbocycles. The van der Waals surface area contributed by atoms with E-state index in [0.29, 0.717) is 25.9 Å². The molecule has 0 aliphatic carbocycles. The van der Waals surface area contributed by atoms with Crippen LogP contribution < -0.4 is 5.32 Å². The minimum atomic E-state index is -0.660. The highest BCUT2D eigenvalue weighted by Gasteiger charge is 2.20. The molecule has 0 aromatic carbocycles. The van der Waals surface area contributed by atoms with Gasteiger partial charge in [-0.05, 0) is 57.8 Å². The van der Waals surface area contributed by atoms with Gasteiger partial charge in [0.1, 0.15) is 0 Å². The van der Waals surface area contributed by atoms with E-state index in [4.69, 9.17) is 4.74 Å². The first-order chi connectivity index (χ1) is 38.5. The van der Waals surface area contributed by atoms with E-state index in [1.54, 1.807) is 0 Å². The summed E-state index contributed by atoms with van der Waals surface area (Å²) in [4.78, 5) is 24.6. The molecule has 6 nitrogen and oxygen atoms in total. The molecule has 0 fully saturated rings. The van der Waals surface area contributed by atoms with Crippen molar-refractivity contribution in [1.82, 2.24) is 5.32 Å².